The van der Waals surface area contributed by atoms with Crippen molar-refractivity contribution in [2.75, 3.05) is 4.90 Å². The topological polar surface area (TPSA) is 68.1 Å². The van der Waals surface area contributed by atoms with Gasteiger partial charge in [0.15, 0.2) is 11.0 Å². The highest BCUT2D eigenvalue weighted by atomic mass is 35.5. The molecule has 0 saturated carbocycles. The molecule has 8 heteroatoms. The van der Waals surface area contributed by atoms with E-state index < -0.39 is 0 Å². The van der Waals surface area contributed by atoms with Crippen LogP contribution in [0.1, 0.15) is 33.2 Å². The van der Waals surface area contributed by atoms with E-state index in [4.69, 9.17) is 11.6 Å². The molecule has 2 heterocycles. The van der Waals surface area contributed by atoms with Gasteiger partial charge in [-0.3, -0.25) is 9.59 Å². The summed E-state index contributed by atoms with van der Waals surface area (Å²) in [5.74, 6) is 0.806. The largest absolute Gasteiger partial charge is 0.302 e. The molecule has 0 fully saturated rings. The smallest absolute Gasteiger partial charge is 0.266 e. The van der Waals surface area contributed by atoms with Crippen LogP contribution in [0, 0.1) is 0 Å². The first-order chi connectivity index (χ1) is 16.1. The van der Waals surface area contributed by atoms with Crippen LogP contribution in [0.5, 0.6) is 0 Å². The fourth-order valence-electron chi connectivity index (χ4n) is 3.84. The zero-order valence-corrected chi connectivity index (χ0v) is 19.3. The van der Waals surface area contributed by atoms with Gasteiger partial charge in [0.2, 0.25) is 0 Å². The van der Waals surface area contributed by atoms with Crippen LogP contribution in [-0.4, -0.2) is 26.6 Å². The van der Waals surface area contributed by atoms with Gasteiger partial charge in [-0.25, -0.2) is 4.90 Å². The van der Waals surface area contributed by atoms with Crippen LogP contribution < -0.4 is 4.90 Å². The van der Waals surface area contributed by atoms with Crippen molar-refractivity contribution in [1.29, 1.82) is 0 Å². The average molecular weight is 475 g/mol. The zero-order chi connectivity index (χ0) is 22.9. The van der Waals surface area contributed by atoms with Crippen molar-refractivity contribution in [3.05, 3.63) is 94.5 Å². The Bertz CT molecular complexity index is 1330. The molecule has 164 valence electrons. The molecular formula is C25H19ClN4O2S. The molecular weight excluding hydrogens is 456 g/mol. The highest BCUT2D eigenvalue weighted by molar-refractivity contribution is 7.98. The van der Waals surface area contributed by atoms with Crippen LogP contribution in [0.15, 0.2) is 78.0 Å². The van der Waals surface area contributed by atoms with Crippen molar-refractivity contribution in [3.8, 4) is 11.4 Å². The number of rotatable bonds is 6. The molecule has 0 N–H and O–H groups in total. The summed E-state index contributed by atoms with van der Waals surface area (Å²) in [6.45, 7) is 2.74. The summed E-state index contributed by atoms with van der Waals surface area (Å²) in [7, 11) is 0. The molecule has 0 atom stereocenters. The Morgan fingerprint density at radius 1 is 0.848 bits per heavy atom. The van der Waals surface area contributed by atoms with Crippen LogP contribution in [-0.2, 0) is 12.3 Å². The first-order valence-corrected chi connectivity index (χ1v) is 11.8. The van der Waals surface area contributed by atoms with Gasteiger partial charge in [0.05, 0.1) is 16.8 Å². The molecule has 0 spiro atoms. The van der Waals surface area contributed by atoms with E-state index in [1.165, 1.54) is 4.90 Å². The standard InChI is InChI=1S/C25H19ClN4O2S/c1-2-29-22(27-28-25(29)33-15-17-7-3-6-10-21(17)26)16-11-13-18(14-12-16)30-23(31)19-8-4-5-9-20(19)24(30)32/h3-14H,2,15H2,1H3. The number of hydrogen-bond acceptors (Lipinski definition) is 5. The van der Waals surface area contributed by atoms with E-state index >= 15 is 0 Å². The van der Waals surface area contributed by atoms with Crippen molar-refractivity contribution >= 4 is 40.9 Å². The normalized spacial score (nSPS) is 13.0. The number of hydrogen-bond donors (Lipinski definition) is 0. The van der Waals surface area contributed by atoms with Gasteiger partial charge >= 0.3 is 0 Å². The maximum atomic E-state index is 12.7. The van der Waals surface area contributed by atoms with Gasteiger partial charge in [0.25, 0.3) is 11.8 Å². The molecule has 2 amide bonds. The van der Waals surface area contributed by atoms with Gasteiger partial charge in [-0.2, -0.15) is 0 Å². The number of halogens is 1. The second-order valence-corrected chi connectivity index (χ2v) is 8.82. The lowest BCUT2D eigenvalue weighted by molar-refractivity contribution is 0.0926. The minimum Gasteiger partial charge on any atom is -0.302 e. The molecule has 0 unspecified atom stereocenters. The third-order valence-corrected chi connectivity index (χ3v) is 6.91. The predicted octanol–water partition coefficient (Wildman–Crippen LogP) is 5.71. The van der Waals surface area contributed by atoms with Crippen LogP contribution in [0.25, 0.3) is 11.4 Å². The van der Waals surface area contributed by atoms with Gasteiger partial charge in [-0.1, -0.05) is 53.7 Å². The van der Waals surface area contributed by atoms with Gasteiger partial charge in [0.1, 0.15) is 0 Å². The summed E-state index contributed by atoms with van der Waals surface area (Å²) in [5, 5.41) is 10.3. The molecule has 4 aromatic rings. The average Bonchev–Trinajstić information content (AvgIpc) is 3.37. The first-order valence-electron chi connectivity index (χ1n) is 10.5. The third kappa shape index (κ3) is 3.83. The summed E-state index contributed by atoms with van der Waals surface area (Å²) >= 11 is 7.85. The lowest BCUT2D eigenvalue weighted by Crippen LogP contribution is -2.29. The number of carbonyl (C=O) groups excluding carboxylic acids is 2. The number of anilines is 1. The fraction of sp³-hybridized carbons (Fsp3) is 0.120. The Kier molecular flexibility index (Phi) is 5.74. The molecule has 1 aromatic heterocycles. The quantitative estimate of drug-likeness (QED) is 0.264. The summed E-state index contributed by atoms with van der Waals surface area (Å²) in [4.78, 5) is 26.7. The van der Waals surface area contributed by atoms with E-state index in [-0.39, 0.29) is 11.8 Å². The summed E-state index contributed by atoms with van der Waals surface area (Å²) in [6, 6.07) is 21.9. The summed E-state index contributed by atoms with van der Waals surface area (Å²) in [5.41, 5.74) is 3.28. The van der Waals surface area contributed by atoms with Crippen LogP contribution in [0.3, 0.4) is 0 Å². The van der Waals surface area contributed by atoms with Crippen molar-refractivity contribution in [2.24, 2.45) is 0 Å². The minimum absolute atomic E-state index is 0.307. The SMILES string of the molecule is CCn1c(SCc2ccccc2Cl)nnc1-c1ccc(N2C(=O)c3ccccc3C2=O)cc1. The molecule has 0 aliphatic carbocycles. The zero-order valence-electron chi connectivity index (χ0n) is 17.7. The number of amides is 2. The second kappa shape index (κ2) is 8.84. The molecule has 0 saturated heterocycles. The van der Waals surface area contributed by atoms with E-state index in [0.29, 0.717) is 29.1 Å². The molecule has 5 rings (SSSR count). The third-order valence-electron chi connectivity index (χ3n) is 5.53. The monoisotopic (exact) mass is 474 g/mol. The molecule has 3 aromatic carbocycles. The van der Waals surface area contributed by atoms with E-state index in [2.05, 4.69) is 10.2 Å². The van der Waals surface area contributed by atoms with Gasteiger partial charge in [0, 0.05) is 22.9 Å². The maximum absolute atomic E-state index is 12.7. The first kappa shape index (κ1) is 21.4. The number of carbonyl (C=O) groups is 2. The lowest BCUT2D eigenvalue weighted by atomic mass is 10.1. The minimum atomic E-state index is -0.307. The number of fused-ring (bicyclic) bond motifs is 1. The number of benzene rings is 3. The van der Waals surface area contributed by atoms with E-state index in [9.17, 15) is 9.59 Å². The molecule has 1 aliphatic rings. The Labute approximate surface area is 200 Å². The van der Waals surface area contributed by atoms with Crippen molar-refractivity contribution in [1.82, 2.24) is 14.8 Å². The van der Waals surface area contributed by atoms with E-state index in [1.54, 1.807) is 48.2 Å². The Morgan fingerprint density at radius 2 is 1.48 bits per heavy atom. The van der Waals surface area contributed by atoms with Crippen molar-refractivity contribution < 1.29 is 9.59 Å². The molecule has 33 heavy (non-hydrogen) atoms. The van der Waals surface area contributed by atoms with E-state index in [0.717, 1.165) is 27.1 Å². The second-order valence-electron chi connectivity index (χ2n) is 7.47. The number of aromatic nitrogens is 3. The Balaban J connectivity index is 1.38. The van der Waals surface area contributed by atoms with Crippen molar-refractivity contribution in [3.63, 3.8) is 0 Å². The fourth-order valence-corrected chi connectivity index (χ4v) is 5.12. The maximum Gasteiger partial charge on any atom is 0.266 e. The molecule has 1 aliphatic heterocycles. The van der Waals surface area contributed by atoms with Crippen molar-refractivity contribution in [2.45, 2.75) is 24.4 Å². The number of thioether (sulfide) groups is 1. The molecule has 0 bridgehead atoms. The highest BCUT2D eigenvalue weighted by Gasteiger charge is 2.36. The number of imide groups is 1. The Morgan fingerprint density at radius 3 is 2.12 bits per heavy atom. The molecule has 0 radical (unpaired) electrons. The Hall–Kier alpha value is -3.42. The van der Waals surface area contributed by atoms with Gasteiger partial charge in [-0.15, -0.1) is 10.2 Å². The van der Waals surface area contributed by atoms with Crippen LogP contribution in [0.2, 0.25) is 5.02 Å². The lowest BCUT2D eigenvalue weighted by Gasteiger charge is -2.14. The summed E-state index contributed by atoms with van der Waals surface area (Å²) < 4.78 is 2.04. The highest BCUT2D eigenvalue weighted by Crippen LogP contribution is 2.32. The number of nitrogens with zero attached hydrogens (tertiary/aromatic N) is 4. The predicted molar refractivity (Wildman–Crippen MR) is 130 cm³/mol. The van der Waals surface area contributed by atoms with Crippen LogP contribution in [0.4, 0.5) is 5.69 Å². The van der Waals surface area contributed by atoms with Gasteiger partial charge in [-0.05, 0) is 55.0 Å². The van der Waals surface area contributed by atoms with Gasteiger partial charge < -0.3 is 4.57 Å². The van der Waals surface area contributed by atoms with Crippen LogP contribution >= 0.6 is 23.4 Å². The molecule has 6 nitrogen and oxygen atoms in total. The van der Waals surface area contributed by atoms with E-state index in [1.807, 2.05) is 47.9 Å². The summed E-state index contributed by atoms with van der Waals surface area (Å²) in [6.07, 6.45) is 0.